The van der Waals surface area contributed by atoms with Crippen LogP contribution in [0.5, 0.6) is 0 Å². The predicted molar refractivity (Wildman–Crippen MR) is 83.5 cm³/mol. The smallest absolute Gasteiger partial charge is 0.0724 e. The normalized spacial score (nSPS) is 12.9. The molecule has 3 nitrogen and oxygen atoms in total. The van der Waals surface area contributed by atoms with Gasteiger partial charge >= 0.3 is 0 Å². The van der Waals surface area contributed by atoms with Crippen LogP contribution in [0.3, 0.4) is 0 Å². The summed E-state index contributed by atoms with van der Waals surface area (Å²) in [6, 6.07) is 8.54. The van der Waals surface area contributed by atoms with Crippen molar-refractivity contribution in [2.24, 2.45) is 5.92 Å². The maximum absolute atomic E-state index is 6.31. The number of anilines is 2. The third-order valence-electron chi connectivity index (χ3n) is 3.66. The van der Waals surface area contributed by atoms with E-state index >= 15 is 0 Å². The lowest BCUT2D eigenvalue weighted by atomic mass is 10.0. The summed E-state index contributed by atoms with van der Waals surface area (Å²) in [6.45, 7) is 6.74. The summed E-state index contributed by atoms with van der Waals surface area (Å²) in [7, 11) is 2.11. The molecular weight excluding hydrogens is 234 g/mol. The van der Waals surface area contributed by atoms with E-state index < -0.39 is 0 Å². The van der Waals surface area contributed by atoms with E-state index in [0.717, 1.165) is 28.7 Å². The summed E-state index contributed by atoms with van der Waals surface area (Å²) in [5, 5.41) is 1.03. The standard InChI is InChI=1S/C16H23N3/c1-11(2)10-12(3)19(4)15-8-7-14-13(16(15)17)6-5-9-18-14/h5-9,11-12H,10,17H2,1-4H3. The molecule has 0 aliphatic carbocycles. The van der Waals surface area contributed by atoms with Gasteiger partial charge < -0.3 is 10.6 Å². The van der Waals surface area contributed by atoms with E-state index in [9.17, 15) is 0 Å². The van der Waals surface area contributed by atoms with Crippen molar-refractivity contribution in [2.75, 3.05) is 17.7 Å². The lowest BCUT2D eigenvalue weighted by Crippen LogP contribution is -2.30. The Bertz CT molecular complexity index is 563. The molecular formula is C16H23N3. The van der Waals surface area contributed by atoms with Crippen molar-refractivity contribution in [3.8, 4) is 0 Å². The minimum atomic E-state index is 0.469. The van der Waals surface area contributed by atoms with E-state index in [1.807, 2.05) is 18.2 Å². The second-order valence-corrected chi connectivity index (χ2v) is 5.66. The SMILES string of the molecule is CC(C)CC(C)N(C)c1ccc2ncccc2c1N. The van der Waals surface area contributed by atoms with Crippen LogP contribution >= 0.6 is 0 Å². The van der Waals surface area contributed by atoms with Crippen LogP contribution < -0.4 is 10.6 Å². The quantitative estimate of drug-likeness (QED) is 0.849. The lowest BCUT2D eigenvalue weighted by molar-refractivity contribution is 0.504. The van der Waals surface area contributed by atoms with E-state index in [-0.39, 0.29) is 0 Å². The van der Waals surface area contributed by atoms with E-state index in [1.54, 1.807) is 6.20 Å². The lowest BCUT2D eigenvalue weighted by Gasteiger charge is -2.29. The Balaban J connectivity index is 2.37. The molecule has 2 N–H and O–H groups in total. The molecule has 1 aromatic heterocycles. The van der Waals surface area contributed by atoms with Crippen LogP contribution in [-0.2, 0) is 0 Å². The molecule has 1 unspecified atom stereocenters. The Morgan fingerprint density at radius 1 is 1.21 bits per heavy atom. The molecule has 0 aliphatic rings. The zero-order valence-corrected chi connectivity index (χ0v) is 12.2. The average Bonchev–Trinajstić information content (AvgIpc) is 2.38. The van der Waals surface area contributed by atoms with Crippen LogP contribution in [0.1, 0.15) is 27.2 Å². The van der Waals surface area contributed by atoms with Gasteiger partial charge in [0.25, 0.3) is 0 Å². The predicted octanol–water partition coefficient (Wildman–Crippen LogP) is 3.69. The first-order valence-electron chi connectivity index (χ1n) is 6.86. The maximum atomic E-state index is 6.31. The molecule has 1 heterocycles. The molecule has 0 radical (unpaired) electrons. The third kappa shape index (κ3) is 2.80. The van der Waals surface area contributed by atoms with Gasteiger partial charge in [0, 0.05) is 24.7 Å². The van der Waals surface area contributed by atoms with Crippen molar-refractivity contribution in [1.29, 1.82) is 0 Å². The summed E-state index contributed by atoms with van der Waals surface area (Å²) < 4.78 is 0. The first-order valence-corrected chi connectivity index (χ1v) is 6.86. The van der Waals surface area contributed by atoms with Gasteiger partial charge in [-0.3, -0.25) is 4.98 Å². The number of fused-ring (bicyclic) bond motifs is 1. The fraction of sp³-hybridized carbons (Fsp3) is 0.438. The topological polar surface area (TPSA) is 42.2 Å². The highest BCUT2D eigenvalue weighted by Gasteiger charge is 2.15. The van der Waals surface area contributed by atoms with E-state index in [2.05, 4.69) is 43.8 Å². The molecule has 2 aromatic rings. The number of aromatic nitrogens is 1. The number of benzene rings is 1. The maximum Gasteiger partial charge on any atom is 0.0724 e. The molecule has 19 heavy (non-hydrogen) atoms. The molecule has 1 aromatic carbocycles. The zero-order valence-electron chi connectivity index (χ0n) is 12.2. The Morgan fingerprint density at radius 3 is 2.63 bits per heavy atom. The van der Waals surface area contributed by atoms with Crippen molar-refractivity contribution < 1.29 is 0 Å². The highest BCUT2D eigenvalue weighted by Crippen LogP contribution is 2.31. The molecule has 1 atom stereocenters. The Labute approximate surface area is 115 Å². The third-order valence-corrected chi connectivity index (χ3v) is 3.66. The summed E-state index contributed by atoms with van der Waals surface area (Å²) in [6.07, 6.45) is 2.95. The van der Waals surface area contributed by atoms with Gasteiger partial charge in [-0.15, -0.1) is 0 Å². The second-order valence-electron chi connectivity index (χ2n) is 5.66. The van der Waals surface area contributed by atoms with Gasteiger partial charge in [0.1, 0.15) is 0 Å². The van der Waals surface area contributed by atoms with Gasteiger partial charge in [-0.2, -0.15) is 0 Å². The fourth-order valence-electron chi connectivity index (χ4n) is 2.55. The van der Waals surface area contributed by atoms with Crippen molar-refractivity contribution in [2.45, 2.75) is 33.2 Å². The summed E-state index contributed by atoms with van der Waals surface area (Å²) >= 11 is 0. The largest absolute Gasteiger partial charge is 0.396 e. The van der Waals surface area contributed by atoms with Gasteiger partial charge in [0.15, 0.2) is 0 Å². The van der Waals surface area contributed by atoms with Crippen molar-refractivity contribution in [1.82, 2.24) is 4.98 Å². The van der Waals surface area contributed by atoms with E-state index in [0.29, 0.717) is 12.0 Å². The highest BCUT2D eigenvalue weighted by atomic mass is 15.1. The first-order chi connectivity index (χ1) is 9.00. The van der Waals surface area contributed by atoms with Gasteiger partial charge in [-0.1, -0.05) is 13.8 Å². The van der Waals surface area contributed by atoms with Crippen LogP contribution in [0.15, 0.2) is 30.5 Å². The minimum absolute atomic E-state index is 0.469. The average molecular weight is 257 g/mol. The number of nitrogen functional groups attached to an aromatic ring is 1. The van der Waals surface area contributed by atoms with Crippen LogP contribution in [0.4, 0.5) is 11.4 Å². The number of rotatable bonds is 4. The number of nitrogens with two attached hydrogens (primary N) is 1. The Morgan fingerprint density at radius 2 is 1.95 bits per heavy atom. The molecule has 0 saturated carbocycles. The van der Waals surface area contributed by atoms with Gasteiger partial charge in [-0.05, 0) is 43.5 Å². The van der Waals surface area contributed by atoms with Gasteiger partial charge in [0.2, 0.25) is 0 Å². The van der Waals surface area contributed by atoms with Gasteiger partial charge in [0.05, 0.1) is 16.9 Å². The highest BCUT2D eigenvalue weighted by molar-refractivity contribution is 5.97. The van der Waals surface area contributed by atoms with Crippen molar-refractivity contribution in [3.63, 3.8) is 0 Å². The molecule has 0 amide bonds. The minimum Gasteiger partial charge on any atom is -0.396 e. The van der Waals surface area contributed by atoms with Crippen molar-refractivity contribution >= 4 is 22.3 Å². The second kappa shape index (κ2) is 5.47. The molecule has 0 bridgehead atoms. The van der Waals surface area contributed by atoms with Crippen molar-refractivity contribution in [3.05, 3.63) is 30.5 Å². The zero-order chi connectivity index (χ0) is 14.0. The van der Waals surface area contributed by atoms with Crippen LogP contribution in [-0.4, -0.2) is 18.1 Å². The molecule has 0 spiro atoms. The number of hydrogen-bond acceptors (Lipinski definition) is 3. The number of hydrogen-bond donors (Lipinski definition) is 1. The monoisotopic (exact) mass is 257 g/mol. The summed E-state index contributed by atoms with van der Waals surface area (Å²) in [5.41, 5.74) is 9.17. The van der Waals surface area contributed by atoms with E-state index in [1.165, 1.54) is 0 Å². The van der Waals surface area contributed by atoms with E-state index in [4.69, 9.17) is 5.73 Å². The first kappa shape index (κ1) is 13.7. The molecule has 0 aliphatic heterocycles. The van der Waals surface area contributed by atoms with Crippen LogP contribution in [0.2, 0.25) is 0 Å². The molecule has 0 fully saturated rings. The fourth-order valence-corrected chi connectivity index (χ4v) is 2.55. The molecule has 2 rings (SSSR count). The van der Waals surface area contributed by atoms with Gasteiger partial charge in [-0.25, -0.2) is 0 Å². The molecule has 102 valence electrons. The summed E-state index contributed by atoms with van der Waals surface area (Å²) in [5.74, 6) is 0.681. The Hall–Kier alpha value is -1.77. The molecule has 3 heteroatoms. The molecule has 0 saturated heterocycles. The van der Waals surface area contributed by atoms with Crippen LogP contribution in [0, 0.1) is 5.92 Å². The summed E-state index contributed by atoms with van der Waals surface area (Å²) in [4.78, 5) is 6.60. The van der Waals surface area contributed by atoms with Crippen LogP contribution in [0.25, 0.3) is 10.9 Å². The number of nitrogens with zero attached hydrogens (tertiary/aromatic N) is 2. The Kier molecular flexibility index (Phi) is 3.93. The number of pyridine rings is 1.